The van der Waals surface area contributed by atoms with Crippen molar-refractivity contribution in [2.75, 3.05) is 6.54 Å². The van der Waals surface area contributed by atoms with Crippen LogP contribution in [-0.4, -0.2) is 17.0 Å². The molecular weight excluding hydrogens is 320 g/mol. The molecule has 0 aliphatic carbocycles. The number of amides is 1. The number of carbonyl (C=O) groups is 1. The molecule has 1 amide bonds. The SMILES string of the molecule is O=C(Cn1c(=O)oc2cc(Cl)ccc21)NCCCc1ccco1. The van der Waals surface area contributed by atoms with Gasteiger partial charge in [0.15, 0.2) is 5.58 Å². The molecule has 0 radical (unpaired) electrons. The van der Waals surface area contributed by atoms with Gasteiger partial charge in [-0.3, -0.25) is 9.36 Å². The molecule has 1 N–H and O–H groups in total. The lowest BCUT2D eigenvalue weighted by atomic mass is 10.2. The van der Waals surface area contributed by atoms with Gasteiger partial charge in [-0.1, -0.05) is 11.6 Å². The Hall–Kier alpha value is -2.47. The molecule has 2 aromatic heterocycles. The van der Waals surface area contributed by atoms with Gasteiger partial charge in [-0.25, -0.2) is 4.79 Å². The van der Waals surface area contributed by atoms with E-state index in [1.54, 1.807) is 24.5 Å². The Morgan fingerprint density at radius 2 is 2.17 bits per heavy atom. The fourth-order valence-corrected chi connectivity index (χ4v) is 2.50. The van der Waals surface area contributed by atoms with E-state index >= 15 is 0 Å². The Kier molecular flexibility index (Phi) is 4.52. The summed E-state index contributed by atoms with van der Waals surface area (Å²) in [5, 5.41) is 3.25. The van der Waals surface area contributed by atoms with Crippen LogP contribution in [0.25, 0.3) is 11.1 Å². The number of furan rings is 1. The minimum atomic E-state index is -0.576. The summed E-state index contributed by atoms with van der Waals surface area (Å²) >= 11 is 5.85. The molecule has 0 fully saturated rings. The van der Waals surface area contributed by atoms with Crippen LogP contribution in [0.3, 0.4) is 0 Å². The minimum absolute atomic E-state index is 0.0891. The summed E-state index contributed by atoms with van der Waals surface area (Å²) in [6.07, 6.45) is 3.13. The molecule has 120 valence electrons. The summed E-state index contributed by atoms with van der Waals surface area (Å²) < 4.78 is 11.6. The van der Waals surface area contributed by atoms with E-state index in [1.165, 1.54) is 4.57 Å². The number of fused-ring (bicyclic) bond motifs is 1. The normalized spacial score (nSPS) is 11.0. The lowest BCUT2D eigenvalue weighted by Gasteiger charge is -2.05. The maximum absolute atomic E-state index is 12.0. The van der Waals surface area contributed by atoms with E-state index in [-0.39, 0.29) is 12.5 Å². The van der Waals surface area contributed by atoms with Gasteiger partial charge < -0.3 is 14.2 Å². The molecule has 7 heteroatoms. The summed E-state index contributed by atoms with van der Waals surface area (Å²) in [5.41, 5.74) is 0.915. The fraction of sp³-hybridized carbons (Fsp3) is 0.250. The molecule has 1 aromatic carbocycles. The van der Waals surface area contributed by atoms with Gasteiger partial charge in [0.1, 0.15) is 12.3 Å². The third kappa shape index (κ3) is 3.65. The zero-order valence-electron chi connectivity index (χ0n) is 12.3. The molecule has 0 saturated heterocycles. The molecule has 0 saturated carbocycles. The number of oxazole rings is 1. The van der Waals surface area contributed by atoms with Crippen LogP contribution in [-0.2, 0) is 17.8 Å². The van der Waals surface area contributed by atoms with Crippen LogP contribution >= 0.6 is 11.6 Å². The zero-order valence-corrected chi connectivity index (χ0v) is 13.0. The van der Waals surface area contributed by atoms with Gasteiger partial charge in [-0.2, -0.15) is 0 Å². The number of aromatic nitrogens is 1. The van der Waals surface area contributed by atoms with Crippen LogP contribution in [0.15, 0.2) is 50.2 Å². The van der Waals surface area contributed by atoms with Crippen molar-refractivity contribution in [2.45, 2.75) is 19.4 Å². The number of aryl methyl sites for hydroxylation is 1. The Morgan fingerprint density at radius 3 is 2.96 bits per heavy atom. The second-order valence-corrected chi connectivity index (χ2v) is 5.54. The first-order valence-electron chi connectivity index (χ1n) is 7.21. The highest BCUT2D eigenvalue weighted by Crippen LogP contribution is 2.18. The van der Waals surface area contributed by atoms with E-state index in [1.807, 2.05) is 12.1 Å². The average molecular weight is 335 g/mol. The van der Waals surface area contributed by atoms with Gasteiger partial charge in [-0.15, -0.1) is 0 Å². The highest BCUT2D eigenvalue weighted by atomic mass is 35.5. The molecular formula is C16H15ClN2O4. The van der Waals surface area contributed by atoms with Crippen molar-refractivity contribution in [3.05, 3.63) is 57.9 Å². The molecule has 0 unspecified atom stereocenters. The van der Waals surface area contributed by atoms with Crippen LogP contribution in [0.2, 0.25) is 5.02 Å². The van der Waals surface area contributed by atoms with E-state index in [0.717, 1.165) is 18.6 Å². The number of benzene rings is 1. The van der Waals surface area contributed by atoms with Crippen molar-refractivity contribution in [1.82, 2.24) is 9.88 Å². The topological polar surface area (TPSA) is 77.4 Å². The van der Waals surface area contributed by atoms with Crippen LogP contribution in [0.4, 0.5) is 0 Å². The summed E-state index contributed by atoms with van der Waals surface area (Å²) in [7, 11) is 0. The number of nitrogens with one attached hydrogen (secondary N) is 1. The Balaban J connectivity index is 1.57. The molecule has 23 heavy (non-hydrogen) atoms. The number of halogens is 1. The summed E-state index contributed by atoms with van der Waals surface area (Å²) in [4.78, 5) is 23.8. The van der Waals surface area contributed by atoms with E-state index in [9.17, 15) is 9.59 Å². The molecule has 0 aliphatic heterocycles. The molecule has 3 rings (SSSR count). The van der Waals surface area contributed by atoms with Crippen LogP contribution in [0, 0.1) is 0 Å². The number of rotatable bonds is 6. The van der Waals surface area contributed by atoms with Crippen molar-refractivity contribution in [3.8, 4) is 0 Å². The lowest BCUT2D eigenvalue weighted by molar-refractivity contribution is -0.121. The Labute approximate surface area is 136 Å². The number of hydrogen-bond donors (Lipinski definition) is 1. The first kappa shape index (κ1) is 15.4. The van der Waals surface area contributed by atoms with Gasteiger partial charge in [-0.05, 0) is 30.7 Å². The fourth-order valence-electron chi connectivity index (χ4n) is 2.33. The Morgan fingerprint density at radius 1 is 1.30 bits per heavy atom. The van der Waals surface area contributed by atoms with Gasteiger partial charge in [0.25, 0.3) is 0 Å². The van der Waals surface area contributed by atoms with Crippen LogP contribution in [0.5, 0.6) is 0 Å². The highest BCUT2D eigenvalue weighted by molar-refractivity contribution is 6.31. The van der Waals surface area contributed by atoms with Gasteiger partial charge in [0.2, 0.25) is 5.91 Å². The standard InChI is InChI=1S/C16H15ClN2O4/c17-11-5-6-13-14(9-11)23-16(21)19(13)10-15(20)18-7-1-3-12-4-2-8-22-12/h2,4-6,8-9H,1,3,7,10H2,(H,18,20). The smallest absolute Gasteiger partial charge is 0.420 e. The second kappa shape index (κ2) is 6.75. The summed E-state index contributed by atoms with van der Waals surface area (Å²) in [6.45, 7) is 0.421. The van der Waals surface area contributed by atoms with Gasteiger partial charge >= 0.3 is 5.76 Å². The average Bonchev–Trinajstić information content (AvgIpc) is 3.12. The van der Waals surface area contributed by atoms with Gasteiger partial charge in [0, 0.05) is 24.1 Å². The van der Waals surface area contributed by atoms with Gasteiger partial charge in [0.05, 0.1) is 11.8 Å². The first-order chi connectivity index (χ1) is 11.1. The number of carbonyl (C=O) groups excluding carboxylic acids is 1. The zero-order chi connectivity index (χ0) is 16.2. The van der Waals surface area contributed by atoms with Crippen molar-refractivity contribution >= 4 is 28.6 Å². The van der Waals surface area contributed by atoms with E-state index in [0.29, 0.717) is 22.7 Å². The second-order valence-electron chi connectivity index (χ2n) is 5.10. The molecule has 2 heterocycles. The maximum Gasteiger partial charge on any atom is 0.420 e. The van der Waals surface area contributed by atoms with E-state index in [2.05, 4.69) is 5.32 Å². The maximum atomic E-state index is 12.0. The summed E-state index contributed by atoms with van der Waals surface area (Å²) in [5.74, 6) is 0.0605. The van der Waals surface area contributed by atoms with Crippen LogP contribution < -0.4 is 11.1 Å². The van der Waals surface area contributed by atoms with Crippen molar-refractivity contribution in [3.63, 3.8) is 0 Å². The monoisotopic (exact) mass is 334 g/mol. The number of nitrogens with zero attached hydrogens (tertiary/aromatic N) is 1. The molecule has 0 atom stereocenters. The van der Waals surface area contributed by atoms with Crippen LogP contribution in [0.1, 0.15) is 12.2 Å². The predicted molar refractivity (Wildman–Crippen MR) is 85.5 cm³/mol. The first-order valence-corrected chi connectivity index (χ1v) is 7.59. The van der Waals surface area contributed by atoms with E-state index in [4.69, 9.17) is 20.4 Å². The molecule has 0 spiro atoms. The van der Waals surface area contributed by atoms with Crippen molar-refractivity contribution in [1.29, 1.82) is 0 Å². The summed E-state index contributed by atoms with van der Waals surface area (Å²) in [6, 6.07) is 8.58. The molecule has 3 aromatic rings. The van der Waals surface area contributed by atoms with Crippen molar-refractivity contribution in [2.24, 2.45) is 0 Å². The Bertz CT molecular complexity index is 864. The quantitative estimate of drug-likeness (QED) is 0.703. The number of hydrogen-bond acceptors (Lipinski definition) is 4. The lowest BCUT2D eigenvalue weighted by Crippen LogP contribution is -2.31. The third-order valence-electron chi connectivity index (χ3n) is 3.43. The molecule has 6 nitrogen and oxygen atoms in total. The van der Waals surface area contributed by atoms with E-state index < -0.39 is 5.76 Å². The van der Waals surface area contributed by atoms with Crippen molar-refractivity contribution < 1.29 is 13.6 Å². The minimum Gasteiger partial charge on any atom is -0.469 e. The molecule has 0 aliphatic rings. The molecule has 0 bridgehead atoms. The largest absolute Gasteiger partial charge is 0.469 e. The predicted octanol–water partition coefficient (Wildman–Crippen LogP) is 2.59. The third-order valence-corrected chi connectivity index (χ3v) is 3.67. The highest BCUT2D eigenvalue weighted by Gasteiger charge is 2.12.